The summed E-state index contributed by atoms with van der Waals surface area (Å²) in [4.78, 5) is 21.3. The number of hydrogen-bond donors (Lipinski definition) is 0. The average Bonchev–Trinajstić information content (AvgIpc) is 3.90. The van der Waals surface area contributed by atoms with Gasteiger partial charge in [0.1, 0.15) is 0 Å². The Kier molecular flexibility index (Phi) is 7.31. The molecule has 4 nitrogen and oxygen atoms in total. The fourth-order valence-electron chi connectivity index (χ4n) is 8.89. The number of benzene rings is 7. The van der Waals surface area contributed by atoms with Gasteiger partial charge < -0.3 is 0 Å². The van der Waals surface area contributed by atoms with Crippen molar-refractivity contribution < 1.29 is 0 Å². The van der Waals surface area contributed by atoms with Gasteiger partial charge in [0, 0.05) is 84.1 Å². The van der Waals surface area contributed by atoms with E-state index in [2.05, 4.69) is 182 Å². The van der Waals surface area contributed by atoms with Crippen LogP contribution in [0.1, 0.15) is 0 Å². The molecular formula is C54H30N4S2. The lowest BCUT2D eigenvalue weighted by Gasteiger charge is -2.10. The quantitative estimate of drug-likeness (QED) is 0.166. The van der Waals surface area contributed by atoms with Crippen LogP contribution in [0.2, 0.25) is 0 Å². The van der Waals surface area contributed by atoms with E-state index in [-0.39, 0.29) is 0 Å². The highest BCUT2D eigenvalue weighted by Crippen LogP contribution is 2.42. The maximum absolute atomic E-state index is 5.33. The van der Waals surface area contributed by atoms with Gasteiger partial charge in [0.15, 0.2) is 0 Å². The molecule has 6 heterocycles. The Labute approximate surface area is 351 Å². The van der Waals surface area contributed by atoms with Crippen molar-refractivity contribution in [2.45, 2.75) is 0 Å². The summed E-state index contributed by atoms with van der Waals surface area (Å²) in [6.07, 6.45) is 0. The van der Waals surface area contributed by atoms with Gasteiger partial charge >= 0.3 is 0 Å². The van der Waals surface area contributed by atoms with Gasteiger partial charge in [-0.2, -0.15) is 0 Å². The lowest BCUT2D eigenvalue weighted by molar-refractivity contribution is 1.36. The summed E-state index contributed by atoms with van der Waals surface area (Å²) in [5.41, 5.74) is 11.6. The highest BCUT2D eigenvalue weighted by atomic mass is 32.1. The van der Waals surface area contributed by atoms with Crippen LogP contribution in [0, 0.1) is 0 Å². The normalized spacial score (nSPS) is 12.0. The number of rotatable bonds is 4. The summed E-state index contributed by atoms with van der Waals surface area (Å²) < 4.78 is 5.09. The fraction of sp³-hybridized carbons (Fsp3) is 0. The van der Waals surface area contributed by atoms with E-state index in [0.29, 0.717) is 0 Å². The van der Waals surface area contributed by atoms with Crippen molar-refractivity contribution in [3.8, 4) is 45.0 Å². The average molecular weight is 799 g/mol. The second-order valence-corrected chi connectivity index (χ2v) is 17.5. The molecule has 13 rings (SSSR count). The van der Waals surface area contributed by atoms with Gasteiger partial charge in [-0.15, -0.1) is 22.7 Å². The smallest absolute Gasteiger partial charge is 0.0972 e. The van der Waals surface area contributed by atoms with Crippen molar-refractivity contribution in [3.05, 3.63) is 182 Å². The van der Waals surface area contributed by atoms with Crippen molar-refractivity contribution in [3.63, 3.8) is 0 Å². The Balaban J connectivity index is 0.906. The molecule has 6 aromatic heterocycles. The van der Waals surface area contributed by atoms with Gasteiger partial charge in [0.05, 0.1) is 44.8 Å². The number of aromatic nitrogens is 4. The largest absolute Gasteiger partial charge is 0.245 e. The molecule has 0 N–H and O–H groups in total. The zero-order valence-electron chi connectivity index (χ0n) is 31.9. The number of hydrogen-bond acceptors (Lipinski definition) is 6. The van der Waals surface area contributed by atoms with Gasteiger partial charge in [0.25, 0.3) is 0 Å². The number of thiophene rings is 2. The predicted molar refractivity (Wildman–Crippen MR) is 255 cm³/mol. The molecule has 0 saturated heterocycles. The lowest BCUT2D eigenvalue weighted by atomic mass is 10.0. The molecule has 13 aromatic rings. The van der Waals surface area contributed by atoms with E-state index < -0.39 is 0 Å². The summed E-state index contributed by atoms with van der Waals surface area (Å²) in [5.74, 6) is 0. The predicted octanol–water partition coefficient (Wildman–Crippen LogP) is 15.3. The molecule has 0 amide bonds. The Bertz CT molecular complexity index is 3670. The monoisotopic (exact) mass is 798 g/mol. The van der Waals surface area contributed by atoms with Crippen molar-refractivity contribution in [2.75, 3.05) is 0 Å². The van der Waals surface area contributed by atoms with Crippen LogP contribution in [0.15, 0.2) is 182 Å². The van der Waals surface area contributed by atoms with Gasteiger partial charge in [-0.3, -0.25) is 0 Å². The van der Waals surface area contributed by atoms with Crippen LogP contribution in [0.4, 0.5) is 0 Å². The first kappa shape index (κ1) is 33.6. The molecule has 60 heavy (non-hydrogen) atoms. The molecule has 0 aliphatic carbocycles. The Hall–Kier alpha value is -7.38. The van der Waals surface area contributed by atoms with E-state index in [0.717, 1.165) is 88.6 Å². The second kappa shape index (κ2) is 13.1. The summed E-state index contributed by atoms with van der Waals surface area (Å²) in [6.45, 7) is 0. The molecule has 0 unspecified atom stereocenters. The number of nitrogens with zero attached hydrogens (tertiary/aromatic N) is 4. The lowest BCUT2D eigenvalue weighted by Crippen LogP contribution is -1.92. The minimum atomic E-state index is 0.892. The maximum atomic E-state index is 5.33. The molecule has 0 saturated carbocycles. The highest BCUT2D eigenvalue weighted by Gasteiger charge is 2.16. The molecule has 7 aromatic carbocycles. The number of fused-ring (bicyclic) bond motifs is 12. The zero-order chi connectivity index (χ0) is 39.3. The first-order valence-corrected chi connectivity index (χ1v) is 21.7. The van der Waals surface area contributed by atoms with Crippen LogP contribution in [-0.2, 0) is 0 Å². The minimum absolute atomic E-state index is 0.892. The van der Waals surface area contributed by atoms with Crippen molar-refractivity contribution in [2.24, 2.45) is 0 Å². The van der Waals surface area contributed by atoms with E-state index >= 15 is 0 Å². The third-order valence-corrected chi connectivity index (χ3v) is 14.3. The zero-order valence-corrected chi connectivity index (χ0v) is 33.6. The van der Waals surface area contributed by atoms with Crippen LogP contribution in [0.5, 0.6) is 0 Å². The third-order valence-electron chi connectivity index (χ3n) is 11.9. The maximum Gasteiger partial charge on any atom is 0.0972 e. The first-order valence-electron chi connectivity index (χ1n) is 20.0. The van der Waals surface area contributed by atoms with Crippen molar-refractivity contribution in [1.29, 1.82) is 0 Å². The molecule has 0 fully saturated rings. The summed E-state index contributed by atoms with van der Waals surface area (Å²) in [5, 5.41) is 9.36. The third kappa shape index (κ3) is 5.21. The molecule has 0 atom stereocenters. The molecular weight excluding hydrogens is 769 g/mol. The molecule has 278 valence electrons. The fourth-order valence-corrected chi connectivity index (χ4v) is 11.3. The molecule has 0 aliphatic heterocycles. The van der Waals surface area contributed by atoms with Gasteiger partial charge in [0.2, 0.25) is 0 Å². The minimum Gasteiger partial charge on any atom is -0.245 e. The molecule has 0 bridgehead atoms. The topological polar surface area (TPSA) is 51.6 Å². The van der Waals surface area contributed by atoms with Crippen LogP contribution in [0.25, 0.3) is 129 Å². The SMILES string of the molecule is c1cc(-c2ccc3ccc4ccc(-c5cccc6c5sc5ccccc56)nc4c3n2)cc(-c2ccc3ccc4ccc(-c5cccc6c5sc5ccccc56)nc4c3n2)c1. The van der Waals surface area contributed by atoms with Gasteiger partial charge in [-0.1, -0.05) is 140 Å². The second-order valence-electron chi connectivity index (χ2n) is 15.3. The Morgan fingerprint density at radius 3 is 1.08 bits per heavy atom. The Morgan fingerprint density at radius 2 is 0.633 bits per heavy atom. The van der Waals surface area contributed by atoms with Gasteiger partial charge in [-0.25, -0.2) is 19.9 Å². The van der Waals surface area contributed by atoms with Crippen LogP contribution in [-0.4, -0.2) is 19.9 Å². The first-order chi connectivity index (χ1) is 29.7. The van der Waals surface area contributed by atoms with Gasteiger partial charge in [-0.05, 0) is 42.5 Å². The molecule has 0 aliphatic rings. The van der Waals surface area contributed by atoms with Crippen LogP contribution >= 0.6 is 22.7 Å². The number of pyridine rings is 4. The standard InChI is InChI=1S/C54H30N4S2/c1-3-16-47-37(10-1)39-12-6-14-41(53(39)59-47)45-28-24-33-20-18-31-22-26-43(55-49(31)51(33)57-45)35-8-5-9-36(30-35)44-27-23-32-19-21-34-25-29-46(58-52(34)50(32)56-44)42-15-7-13-40-38-11-2-4-17-48(38)60-54(40)42/h1-30H. The Morgan fingerprint density at radius 1 is 0.283 bits per heavy atom. The summed E-state index contributed by atoms with van der Waals surface area (Å²) in [7, 11) is 0. The van der Waals surface area contributed by atoms with Crippen molar-refractivity contribution >= 4 is 107 Å². The summed E-state index contributed by atoms with van der Waals surface area (Å²) >= 11 is 3.66. The molecule has 0 spiro atoms. The highest BCUT2D eigenvalue weighted by molar-refractivity contribution is 7.26. The van der Waals surface area contributed by atoms with E-state index in [1.165, 1.54) is 40.3 Å². The molecule has 0 radical (unpaired) electrons. The van der Waals surface area contributed by atoms with E-state index in [4.69, 9.17) is 19.9 Å². The summed E-state index contributed by atoms with van der Waals surface area (Å²) in [6, 6.07) is 64.7. The van der Waals surface area contributed by atoms with E-state index in [1.54, 1.807) is 0 Å². The van der Waals surface area contributed by atoms with Crippen LogP contribution in [0.3, 0.4) is 0 Å². The van der Waals surface area contributed by atoms with Crippen LogP contribution < -0.4 is 0 Å². The van der Waals surface area contributed by atoms with E-state index in [9.17, 15) is 0 Å². The molecule has 6 heteroatoms. The van der Waals surface area contributed by atoms with Crippen molar-refractivity contribution in [1.82, 2.24) is 19.9 Å². The van der Waals surface area contributed by atoms with E-state index in [1.807, 2.05) is 22.7 Å².